The van der Waals surface area contributed by atoms with Crippen LogP contribution in [0.5, 0.6) is 0 Å². The summed E-state index contributed by atoms with van der Waals surface area (Å²) in [6.45, 7) is 4.06. The minimum Gasteiger partial charge on any atom is -0.465 e. The molecule has 0 aliphatic carbocycles. The van der Waals surface area contributed by atoms with Crippen LogP contribution >= 0.6 is 11.6 Å². The van der Waals surface area contributed by atoms with Crippen molar-refractivity contribution in [3.8, 4) is 0 Å². The molecular weight excluding hydrogens is 226 g/mol. The third kappa shape index (κ3) is 3.51. The Morgan fingerprint density at radius 3 is 2.81 bits per heavy atom. The van der Waals surface area contributed by atoms with Gasteiger partial charge in [-0.1, -0.05) is 17.7 Å². The molecule has 4 heteroatoms. The molecule has 0 aromatic heterocycles. The maximum atomic E-state index is 11.4. The molecule has 0 bridgehead atoms. The largest absolute Gasteiger partial charge is 0.465 e. The number of benzene rings is 1. The first-order valence-electron chi connectivity index (χ1n) is 5.21. The van der Waals surface area contributed by atoms with Gasteiger partial charge in [0.05, 0.1) is 6.61 Å². The van der Waals surface area contributed by atoms with E-state index in [0.717, 1.165) is 11.1 Å². The Bertz CT molecular complexity index is 379. The number of ether oxygens (including phenoxy) is 1. The predicted octanol–water partition coefficient (Wildman–Crippen LogP) is 2.08. The summed E-state index contributed by atoms with van der Waals surface area (Å²) in [7, 11) is 0. The Hall–Kier alpha value is -1.06. The average molecular weight is 242 g/mol. The molecule has 1 unspecified atom stereocenters. The van der Waals surface area contributed by atoms with Crippen molar-refractivity contribution in [1.82, 2.24) is 0 Å². The topological polar surface area (TPSA) is 52.3 Å². The zero-order valence-corrected chi connectivity index (χ0v) is 10.3. The quantitative estimate of drug-likeness (QED) is 0.822. The van der Waals surface area contributed by atoms with Crippen LogP contribution in [0.25, 0.3) is 0 Å². The molecule has 16 heavy (non-hydrogen) atoms. The molecule has 1 aromatic rings. The fourth-order valence-electron chi connectivity index (χ4n) is 1.46. The molecule has 0 heterocycles. The third-order valence-electron chi connectivity index (χ3n) is 2.33. The number of esters is 1. The monoisotopic (exact) mass is 241 g/mol. The van der Waals surface area contributed by atoms with Crippen LogP contribution < -0.4 is 5.73 Å². The molecule has 0 spiro atoms. The molecule has 0 amide bonds. The number of halogens is 1. The van der Waals surface area contributed by atoms with Crippen LogP contribution in [-0.2, 0) is 16.0 Å². The molecule has 0 aliphatic heterocycles. The second-order valence-electron chi connectivity index (χ2n) is 3.63. The van der Waals surface area contributed by atoms with Crippen LogP contribution in [0, 0.1) is 6.92 Å². The normalized spacial score (nSPS) is 12.2. The second kappa shape index (κ2) is 5.87. The maximum Gasteiger partial charge on any atom is 0.323 e. The predicted molar refractivity (Wildman–Crippen MR) is 64.5 cm³/mol. The van der Waals surface area contributed by atoms with Crippen LogP contribution in [0.3, 0.4) is 0 Å². The van der Waals surface area contributed by atoms with E-state index in [-0.39, 0.29) is 5.97 Å². The first-order valence-corrected chi connectivity index (χ1v) is 5.59. The van der Waals surface area contributed by atoms with Gasteiger partial charge >= 0.3 is 5.97 Å². The lowest BCUT2D eigenvalue weighted by molar-refractivity contribution is -0.144. The van der Waals surface area contributed by atoms with Crippen molar-refractivity contribution in [2.24, 2.45) is 5.73 Å². The van der Waals surface area contributed by atoms with Crippen LogP contribution in [0.2, 0.25) is 5.02 Å². The van der Waals surface area contributed by atoms with Gasteiger partial charge in [0.15, 0.2) is 0 Å². The highest BCUT2D eigenvalue weighted by Crippen LogP contribution is 2.16. The van der Waals surface area contributed by atoms with Gasteiger partial charge in [-0.15, -0.1) is 0 Å². The summed E-state index contributed by atoms with van der Waals surface area (Å²) in [5.74, 6) is -0.364. The lowest BCUT2D eigenvalue weighted by atomic mass is 10.0. The Morgan fingerprint density at radius 2 is 2.25 bits per heavy atom. The van der Waals surface area contributed by atoms with Crippen molar-refractivity contribution in [2.75, 3.05) is 6.61 Å². The number of carbonyl (C=O) groups excluding carboxylic acids is 1. The molecule has 0 fully saturated rings. The van der Waals surface area contributed by atoms with Crippen LogP contribution in [0.4, 0.5) is 0 Å². The lowest BCUT2D eigenvalue weighted by Gasteiger charge is -2.12. The van der Waals surface area contributed by atoms with Crippen molar-refractivity contribution >= 4 is 17.6 Å². The van der Waals surface area contributed by atoms with Crippen LogP contribution in [0.1, 0.15) is 18.1 Å². The number of carbonyl (C=O) groups is 1. The van der Waals surface area contributed by atoms with Gasteiger partial charge in [0.2, 0.25) is 0 Å². The summed E-state index contributed by atoms with van der Waals surface area (Å²) in [6.07, 6.45) is 0.474. The van der Waals surface area contributed by atoms with Gasteiger partial charge in [-0.05, 0) is 43.5 Å². The molecule has 1 rings (SSSR count). The van der Waals surface area contributed by atoms with E-state index in [4.69, 9.17) is 22.1 Å². The van der Waals surface area contributed by atoms with Crippen molar-refractivity contribution in [2.45, 2.75) is 26.3 Å². The molecule has 88 valence electrons. The van der Waals surface area contributed by atoms with E-state index >= 15 is 0 Å². The Balaban J connectivity index is 2.69. The lowest BCUT2D eigenvalue weighted by Crippen LogP contribution is -2.34. The van der Waals surface area contributed by atoms with Crippen molar-refractivity contribution in [3.63, 3.8) is 0 Å². The Morgan fingerprint density at radius 1 is 1.56 bits per heavy atom. The van der Waals surface area contributed by atoms with Gasteiger partial charge < -0.3 is 10.5 Å². The van der Waals surface area contributed by atoms with E-state index in [0.29, 0.717) is 18.1 Å². The zero-order chi connectivity index (χ0) is 12.1. The maximum absolute atomic E-state index is 11.4. The fourth-order valence-corrected chi connectivity index (χ4v) is 1.68. The van der Waals surface area contributed by atoms with Crippen molar-refractivity contribution < 1.29 is 9.53 Å². The number of hydrogen-bond acceptors (Lipinski definition) is 3. The molecule has 0 aliphatic rings. The first kappa shape index (κ1) is 13.0. The van der Waals surface area contributed by atoms with Crippen molar-refractivity contribution in [3.05, 3.63) is 34.3 Å². The Kier molecular flexibility index (Phi) is 4.77. The van der Waals surface area contributed by atoms with Gasteiger partial charge in [0.25, 0.3) is 0 Å². The summed E-state index contributed by atoms with van der Waals surface area (Å²) in [4.78, 5) is 11.4. The minimum absolute atomic E-state index is 0.353. The van der Waals surface area contributed by atoms with Crippen LogP contribution in [-0.4, -0.2) is 18.6 Å². The standard InChI is InChI=1S/C12H16ClNO2/c1-3-16-12(15)11(14)7-9-4-5-10(13)6-8(9)2/h4-6,11H,3,7,14H2,1-2H3. The molecular formula is C12H16ClNO2. The van der Waals surface area contributed by atoms with Gasteiger partial charge in [-0.3, -0.25) is 4.79 Å². The molecule has 2 N–H and O–H groups in total. The highest BCUT2D eigenvalue weighted by Gasteiger charge is 2.15. The summed E-state index contributed by atoms with van der Waals surface area (Å²) in [6, 6.07) is 4.92. The van der Waals surface area contributed by atoms with E-state index in [1.54, 1.807) is 13.0 Å². The van der Waals surface area contributed by atoms with Gasteiger partial charge in [0, 0.05) is 5.02 Å². The van der Waals surface area contributed by atoms with E-state index in [2.05, 4.69) is 0 Å². The fraction of sp³-hybridized carbons (Fsp3) is 0.417. The van der Waals surface area contributed by atoms with Gasteiger partial charge in [0.1, 0.15) is 6.04 Å². The highest BCUT2D eigenvalue weighted by atomic mass is 35.5. The SMILES string of the molecule is CCOC(=O)C(N)Cc1ccc(Cl)cc1C. The van der Waals surface area contributed by atoms with Gasteiger partial charge in [-0.2, -0.15) is 0 Å². The average Bonchev–Trinajstić information content (AvgIpc) is 2.22. The summed E-state index contributed by atoms with van der Waals surface area (Å²) in [5, 5.41) is 0.686. The summed E-state index contributed by atoms with van der Waals surface area (Å²) < 4.78 is 4.85. The molecule has 1 aromatic carbocycles. The van der Waals surface area contributed by atoms with E-state index in [1.807, 2.05) is 19.1 Å². The Labute approximate surface area is 101 Å². The molecule has 0 radical (unpaired) electrons. The zero-order valence-electron chi connectivity index (χ0n) is 9.50. The molecule has 1 atom stereocenters. The molecule has 0 saturated carbocycles. The number of aryl methyl sites for hydroxylation is 1. The van der Waals surface area contributed by atoms with E-state index < -0.39 is 6.04 Å². The van der Waals surface area contributed by atoms with Crippen molar-refractivity contribution in [1.29, 1.82) is 0 Å². The van der Waals surface area contributed by atoms with Gasteiger partial charge in [-0.25, -0.2) is 0 Å². The smallest absolute Gasteiger partial charge is 0.323 e. The minimum atomic E-state index is -0.611. The number of rotatable bonds is 4. The summed E-state index contributed by atoms with van der Waals surface area (Å²) >= 11 is 5.84. The third-order valence-corrected chi connectivity index (χ3v) is 2.57. The van der Waals surface area contributed by atoms with E-state index in [9.17, 15) is 4.79 Å². The summed E-state index contributed by atoms with van der Waals surface area (Å²) in [5.41, 5.74) is 7.79. The second-order valence-corrected chi connectivity index (χ2v) is 4.07. The highest BCUT2D eigenvalue weighted by molar-refractivity contribution is 6.30. The van der Waals surface area contributed by atoms with E-state index in [1.165, 1.54) is 0 Å². The molecule has 3 nitrogen and oxygen atoms in total. The number of hydrogen-bond donors (Lipinski definition) is 1. The molecule has 0 saturated heterocycles. The number of nitrogens with two attached hydrogens (primary N) is 1. The first-order chi connectivity index (χ1) is 7.54. The van der Waals surface area contributed by atoms with Crippen LogP contribution in [0.15, 0.2) is 18.2 Å².